The van der Waals surface area contributed by atoms with Gasteiger partial charge in [0.1, 0.15) is 5.01 Å². The first-order valence-electron chi connectivity index (χ1n) is 7.70. The summed E-state index contributed by atoms with van der Waals surface area (Å²) in [6.07, 6.45) is 1.79. The molecule has 0 atom stereocenters. The van der Waals surface area contributed by atoms with Gasteiger partial charge in [0.15, 0.2) is 11.5 Å². The van der Waals surface area contributed by atoms with Gasteiger partial charge in [-0.2, -0.15) is 0 Å². The number of nitrogens with one attached hydrogen (secondary N) is 1. The van der Waals surface area contributed by atoms with Gasteiger partial charge < -0.3 is 14.8 Å². The molecule has 0 aliphatic rings. The lowest BCUT2D eigenvalue weighted by Crippen LogP contribution is -2.22. The summed E-state index contributed by atoms with van der Waals surface area (Å²) in [5.74, 6) is 0.963. The Labute approximate surface area is 150 Å². The molecule has 3 aromatic rings. The molecule has 128 valence electrons. The Bertz CT molecular complexity index is 846. The summed E-state index contributed by atoms with van der Waals surface area (Å²) < 4.78 is 10.4. The molecule has 0 unspecified atom stereocenters. The normalized spacial score (nSPS) is 10.3. The van der Waals surface area contributed by atoms with E-state index in [0.29, 0.717) is 23.6 Å². The quantitative estimate of drug-likeness (QED) is 0.732. The number of hydrogen-bond acceptors (Lipinski definition) is 5. The van der Waals surface area contributed by atoms with Crippen LogP contribution in [0.5, 0.6) is 11.5 Å². The van der Waals surface area contributed by atoms with E-state index in [0.717, 1.165) is 16.1 Å². The molecule has 0 saturated heterocycles. The molecule has 5 nitrogen and oxygen atoms in total. The molecule has 3 rings (SSSR count). The fourth-order valence-corrected chi connectivity index (χ4v) is 3.04. The first-order valence-corrected chi connectivity index (χ1v) is 8.58. The first-order chi connectivity index (χ1) is 12.2. The van der Waals surface area contributed by atoms with Gasteiger partial charge >= 0.3 is 0 Å². The third-order valence-electron chi connectivity index (χ3n) is 3.73. The monoisotopic (exact) mass is 354 g/mol. The van der Waals surface area contributed by atoms with Crippen LogP contribution in [0, 0.1) is 0 Å². The molecule has 0 saturated carbocycles. The smallest absolute Gasteiger partial charge is 0.251 e. The molecule has 2 aromatic carbocycles. The summed E-state index contributed by atoms with van der Waals surface area (Å²) in [7, 11) is 3.11. The highest BCUT2D eigenvalue weighted by atomic mass is 32.1. The number of hydrogen-bond donors (Lipinski definition) is 1. The number of nitrogens with zero attached hydrogens (tertiary/aromatic N) is 1. The van der Waals surface area contributed by atoms with Gasteiger partial charge in [-0.25, -0.2) is 4.98 Å². The van der Waals surface area contributed by atoms with Gasteiger partial charge in [-0.3, -0.25) is 4.79 Å². The SMILES string of the molecule is COc1ccc(C(=O)NCc2ccc(-c3nccs3)cc2)cc1OC. The van der Waals surface area contributed by atoms with E-state index in [-0.39, 0.29) is 5.91 Å². The van der Waals surface area contributed by atoms with Crippen molar-refractivity contribution in [2.75, 3.05) is 14.2 Å². The number of thiazole rings is 1. The molecule has 25 heavy (non-hydrogen) atoms. The Balaban J connectivity index is 1.64. The number of carbonyl (C=O) groups is 1. The van der Waals surface area contributed by atoms with Crippen molar-refractivity contribution in [3.8, 4) is 22.1 Å². The third kappa shape index (κ3) is 3.97. The molecule has 1 aromatic heterocycles. The second-order valence-corrected chi connectivity index (χ2v) is 6.18. The summed E-state index contributed by atoms with van der Waals surface area (Å²) in [4.78, 5) is 16.6. The summed E-state index contributed by atoms with van der Waals surface area (Å²) in [5.41, 5.74) is 2.62. The van der Waals surface area contributed by atoms with E-state index in [1.165, 1.54) is 0 Å². The Hall–Kier alpha value is -2.86. The van der Waals surface area contributed by atoms with E-state index < -0.39 is 0 Å². The van der Waals surface area contributed by atoms with Crippen molar-refractivity contribution < 1.29 is 14.3 Å². The molecule has 0 radical (unpaired) electrons. The molecule has 0 fully saturated rings. The number of methoxy groups -OCH3 is 2. The number of ether oxygens (including phenoxy) is 2. The van der Waals surface area contributed by atoms with E-state index in [2.05, 4.69) is 10.3 Å². The van der Waals surface area contributed by atoms with Crippen LogP contribution >= 0.6 is 11.3 Å². The fourth-order valence-electron chi connectivity index (χ4n) is 2.39. The lowest BCUT2D eigenvalue weighted by Gasteiger charge is -2.10. The summed E-state index contributed by atoms with van der Waals surface area (Å²) in [6, 6.07) is 13.1. The number of rotatable bonds is 6. The van der Waals surface area contributed by atoms with Crippen LogP contribution in [-0.2, 0) is 6.54 Å². The van der Waals surface area contributed by atoms with Crippen LogP contribution in [0.1, 0.15) is 15.9 Å². The minimum atomic E-state index is -0.162. The van der Waals surface area contributed by atoms with Crippen LogP contribution in [0.4, 0.5) is 0 Å². The van der Waals surface area contributed by atoms with Crippen LogP contribution in [0.3, 0.4) is 0 Å². The number of carbonyl (C=O) groups excluding carboxylic acids is 1. The Kier molecular flexibility index (Phi) is 5.30. The number of aromatic nitrogens is 1. The van der Waals surface area contributed by atoms with Crippen LogP contribution in [-0.4, -0.2) is 25.1 Å². The zero-order valence-corrected chi connectivity index (χ0v) is 14.8. The minimum absolute atomic E-state index is 0.162. The van der Waals surface area contributed by atoms with Crippen LogP contribution < -0.4 is 14.8 Å². The second kappa shape index (κ2) is 7.81. The van der Waals surface area contributed by atoms with Crippen molar-refractivity contribution in [1.29, 1.82) is 0 Å². The molecule has 0 spiro atoms. The highest BCUT2D eigenvalue weighted by molar-refractivity contribution is 7.13. The fraction of sp³-hybridized carbons (Fsp3) is 0.158. The molecule has 1 amide bonds. The molecule has 0 bridgehead atoms. The molecule has 0 aliphatic carbocycles. The zero-order chi connectivity index (χ0) is 17.6. The van der Waals surface area contributed by atoms with E-state index in [9.17, 15) is 4.79 Å². The molecular formula is C19H18N2O3S. The van der Waals surface area contributed by atoms with Gasteiger partial charge in [-0.15, -0.1) is 11.3 Å². The summed E-state index contributed by atoms with van der Waals surface area (Å²) >= 11 is 1.60. The van der Waals surface area contributed by atoms with Gasteiger partial charge in [-0.05, 0) is 23.8 Å². The van der Waals surface area contributed by atoms with Crippen molar-refractivity contribution in [2.24, 2.45) is 0 Å². The molecule has 6 heteroatoms. The van der Waals surface area contributed by atoms with Crippen molar-refractivity contribution in [3.05, 3.63) is 65.2 Å². The van der Waals surface area contributed by atoms with E-state index in [1.807, 2.05) is 29.6 Å². The Morgan fingerprint density at radius 2 is 1.84 bits per heavy atom. The van der Waals surface area contributed by atoms with Gasteiger partial charge in [0, 0.05) is 29.2 Å². The summed E-state index contributed by atoms with van der Waals surface area (Å²) in [5, 5.41) is 5.85. The van der Waals surface area contributed by atoms with E-state index >= 15 is 0 Å². The number of benzene rings is 2. The van der Waals surface area contributed by atoms with Crippen LogP contribution in [0.25, 0.3) is 10.6 Å². The topological polar surface area (TPSA) is 60.5 Å². The van der Waals surface area contributed by atoms with Crippen molar-refractivity contribution in [3.63, 3.8) is 0 Å². The van der Waals surface area contributed by atoms with Crippen molar-refractivity contribution in [1.82, 2.24) is 10.3 Å². The Morgan fingerprint density at radius 3 is 2.48 bits per heavy atom. The minimum Gasteiger partial charge on any atom is -0.493 e. The molecule has 1 heterocycles. The third-order valence-corrected chi connectivity index (χ3v) is 4.55. The molecule has 1 N–H and O–H groups in total. The van der Waals surface area contributed by atoms with Crippen molar-refractivity contribution >= 4 is 17.2 Å². The van der Waals surface area contributed by atoms with E-state index in [1.54, 1.807) is 50.0 Å². The van der Waals surface area contributed by atoms with Gasteiger partial charge in [0.2, 0.25) is 0 Å². The lowest BCUT2D eigenvalue weighted by molar-refractivity contribution is 0.0950. The van der Waals surface area contributed by atoms with Crippen LogP contribution in [0.2, 0.25) is 0 Å². The standard InChI is InChI=1S/C19H18N2O3S/c1-23-16-8-7-15(11-17(16)24-2)18(22)21-12-13-3-5-14(6-4-13)19-20-9-10-25-19/h3-11H,12H2,1-2H3,(H,21,22). The highest BCUT2D eigenvalue weighted by Crippen LogP contribution is 2.27. The highest BCUT2D eigenvalue weighted by Gasteiger charge is 2.10. The summed E-state index contributed by atoms with van der Waals surface area (Å²) in [6.45, 7) is 0.450. The maximum atomic E-state index is 12.3. The lowest BCUT2D eigenvalue weighted by atomic mass is 10.1. The zero-order valence-electron chi connectivity index (χ0n) is 14.0. The van der Waals surface area contributed by atoms with Gasteiger partial charge in [-0.1, -0.05) is 24.3 Å². The van der Waals surface area contributed by atoms with Crippen LogP contribution in [0.15, 0.2) is 54.0 Å². The predicted molar refractivity (Wildman–Crippen MR) is 98.3 cm³/mol. The van der Waals surface area contributed by atoms with E-state index in [4.69, 9.17) is 9.47 Å². The van der Waals surface area contributed by atoms with Crippen molar-refractivity contribution in [2.45, 2.75) is 6.54 Å². The maximum absolute atomic E-state index is 12.3. The molecule has 0 aliphatic heterocycles. The molecular weight excluding hydrogens is 336 g/mol. The number of amides is 1. The average molecular weight is 354 g/mol. The second-order valence-electron chi connectivity index (χ2n) is 5.29. The maximum Gasteiger partial charge on any atom is 0.251 e. The van der Waals surface area contributed by atoms with Gasteiger partial charge in [0.05, 0.1) is 14.2 Å². The van der Waals surface area contributed by atoms with Gasteiger partial charge in [0.25, 0.3) is 5.91 Å². The predicted octanol–water partition coefficient (Wildman–Crippen LogP) is 3.76. The largest absolute Gasteiger partial charge is 0.493 e. The average Bonchev–Trinajstić information content (AvgIpc) is 3.20. The first kappa shape index (κ1) is 17.0. The Morgan fingerprint density at radius 1 is 1.08 bits per heavy atom.